The molecule has 0 aromatic carbocycles. The lowest BCUT2D eigenvalue weighted by Crippen LogP contribution is -1.97. The first-order chi connectivity index (χ1) is 5.09. The highest BCUT2D eigenvalue weighted by Crippen LogP contribution is 2.15. The number of aromatic nitrogens is 1. The minimum absolute atomic E-state index is 0.155. The first-order valence-electron chi connectivity index (χ1n) is 2.72. The van der Waals surface area contributed by atoms with Crippen LogP contribution in [0.1, 0.15) is 4.88 Å². The maximum atomic E-state index is 10.5. The van der Waals surface area contributed by atoms with E-state index in [9.17, 15) is 9.59 Å². The summed E-state index contributed by atoms with van der Waals surface area (Å²) in [6.45, 7) is 0. The van der Waals surface area contributed by atoms with Crippen LogP contribution < -0.4 is 4.87 Å². The largest absolute Gasteiger partial charge is 0.494 e. The van der Waals surface area contributed by atoms with Crippen LogP contribution >= 0.6 is 11.3 Å². The Bertz CT molecular complexity index is 325. The third kappa shape index (κ3) is 1.81. The minimum Gasteiger partial charge on any atom is -0.494 e. The van der Waals surface area contributed by atoms with Crippen molar-refractivity contribution in [2.45, 2.75) is 6.42 Å². The highest BCUT2D eigenvalue weighted by molar-refractivity contribution is 7.09. The Morgan fingerprint density at radius 3 is 2.64 bits per heavy atom. The molecule has 1 aromatic rings. The van der Waals surface area contributed by atoms with Crippen molar-refractivity contribution in [3.63, 3.8) is 0 Å². The number of aromatic hydroxyl groups is 1. The van der Waals surface area contributed by atoms with Crippen LogP contribution in [0.4, 0.5) is 0 Å². The van der Waals surface area contributed by atoms with E-state index in [-0.39, 0.29) is 17.2 Å². The average Bonchev–Trinajstić information content (AvgIpc) is 2.09. The number of aliphatic carboxylic acids is 1. The van der Waals surface area contributed by atoms with Crippen molar-refractivity contribution < 1.29 is 15.0 Å². The summed E-state index contributed by atoms with van der Waals surface area (Å²) in [6, 6.07) is 0. The van der Waals surface area contributed by atoms with Gasteiger partial charge in [0.15, 0.2) is 0 Å². The fourth-order valence-electron chi connectivity index (χ4n) is 0.609. The van der Waals surface area contributed by atoms with Crippen molar-refractivity contribution in [1.29, 1.82) is 0 Å². The van der Waals surface area contributed by atoms with E-state index in [2.05, 4.69) is 4.98 Å². The molecule has 5 nitrogen and oxygen atoms in total. The van der Waals surface area contributed by atoms with Gasteiger partial charge in [0.25, 0.3) is 0 Å². The zero-order chi connectivity index (χ0) is 8.43. The van der Waals surface area contributed by atoms with Crippen LogP contribution in [0.25, 0.3) is 0 Å². The molecule has 60 valence electrons. The lowest BCUT2D eigenvalue weighted by molar-refractivity contribution is -0.136. The monoisotopic (exact) mass is 175 g/mol. The van der Waals surface area contributed by atoms with Crippen molar-refractivity contribution in [3.8, 4) is 5.88 Å². The first kappa shape index (κ1) is 7.80. The molecule has 0 atom stereocenters. The topological polar surface area (TPSA) is 90.4 Å². The SMILES string of the molecule is O=C(O)Cc1sc(=O)[nH]c1O. The molecule has 0 fully saturated rings. The molecule has 1 heterocycles. The molecule has 0 aliphatic carbocycles. The second kappa shape index (κ2) is 2.75. The van der Waals surface area contributed by atoms with Crippen molar-refractivity contribution >= 4 is 17.3 Å². The summed E-state index contributed by atoms with van der Waals surface area (Å²) in [7, 11) is 0. The molecule has 6 heteroatoms. The van der Waals surface area contributed by atoms with Crippen molar-refractivity contribution in [3.05, 3.63) is 14.5 Å². The molecular weight excluding hydrogens is 170 g/mol. The van der Waals surface area contributed by atoms with E-state index in [1.165, 1.54) is 0 Å². The van der Waals surface area contributed by atoms with Crippen LogP contribution in [0.5, 0.6) is 5.88 Å². The Hall–Kier alpha value is -1.30. The normalized spacial score (nSPS) is 9.82. The number of carboxylic acids is 1. The summed E-state index contributed by atoms with van der Waals surface area (Å²) in [5.41, 5.74) is 0. The quantitative estimate of drug-likeness (QED) is 0.579. The summed E-state index contributed by atoms with van der Waals surface area (Å²) < 4.78 is 0. The van der Waals surface area contributed by atoms with Gasteiger partial charge in [-0.2, -0.15) is 0 Å². The molecule has 0 amide bonds. The van der Waals surface area contributed by atoms with Gasteiger partial charge in [0.1, 0.15) is 0 Å². The molecule has 0 aliphatic heterocycles. The number of thiazole rings is 1. The van der Waals surface area contributed by atoms with E-state index in [0.29, 0.717) is 11.3 Å². The molecule has 3 N–H and O–H groups in total. The van der Waals surface area contributed by atoms with Gasteiger partial charge >= 0.3 is 10.8 Å². The number of rotatable bonds is 2. The highest BCUT2D eigenvalue weighted by Gasteiger charge is 2.09. The minimum atomic E-state index is -1.07. The van der Waals surface area contributed by atoms with Crippen molar-refractivity contribution in [2.75, 3.05) is 0 Å². The van der Waals surface area contributed by atoms with Crippen LogP contribution in [0.3, 0.4) is 0 Å². The van der Waals surface area contributed by atoms with Crippen LogP contribution in [0.15, 0.2) is 4.79 Å². The second-order valence-electron chi connectivity index (χ2n) is 1.86. The van der Waals surface area contributed by atoms with Gasteiger partial charge in [-0.3, -0.25) is 14.6 Å². The number of hydrogen-bond acceptors (Lipinski definition) is 4. The molecular formula is C5H5NO4S. The van der Waals surface area contributed by atoms with Gasteiger partial charge in [-0.1, -0.05) is 11.3 Å². The molecule has 0 saturated carbocycles. The Morgan fingerprint density at radius 1 is 1.64 bits per heavy atom. The number of H-pyrrole nitrogens is 1. The fraction of sp³-hybridized carbons (Fsp3) is 0.200. The summed E-state index contributed by atoms with van der Waals surface area (Å²) in [5.74, 6) is -1.42. The molecule has 0 aliphatic rings. The van der Waals surface area contributed by atoms with E-state index in [1.807, 2.05) is 0 Å². The maximum absolute atomic E-state index is 10.5. The molecule has 1 aromatic heterocycles. The predicted octanol–water partition coefficient (Wildman–Crippen LogP) is -0.231. The lowest BCUT2D eigenvalue weighted by atomic mass is 10.4. The Morgan fingerprint density at radius 2 is 2.27 bits per heavy atom. The third-order valence-corrected chi connectivity index (χ3v) is 1.88. The summed E-state index contributed by atoms with van der Waals surface area (Å²) in [6.07, 6.45) is -0.324. The van der Waals surface area contributed by atoms with Gasteiger partial charge in [-0.25, -0.2) is 0 Å². The Kier molecular flexibility index (Phi) is 1.95. The van der Waals surface area contributed by atoms with E-state index in [4.69, 9.17) is 10.2 Å². The smallest absolute Gasteiger partial charge is 0.308 e. The summed E-state index contributed by atoms with van der Waals surface area (Å²) >= 11 is 0.701. The highest BCUT2D eigenvalue weighted by atomic mass is 32.1. The maximum Gasteiger partial charge on any atom is 0.308 e. The van der Waals surface area contributed by atoms with E-state index in [0.717, 1.165) is 0 Å². The number of hydrogen-bond donors (Lipinski definition) is 3. The van der Waals surface area contributed by atoms with Crippen LogP contribution in [0, 0.1) is 0 Å². The van der Waals surface area contributed by atoms with Crippen molar-refractivity contribution in [1.82, 2.24) is 4.98 Å². The number of carboxylic acid groups (broad SMARTS) is 1. The predicted molar refractivity (Wildman–Crippen MR) is 37.9 cm³/mol. The van der Waals surface area contributed by atoms with E-state index < -0.39 is 10.8 Å². The van der Waals surface area contributed by atoms with Gasteiger partial charge in [0.2, 0.25) is 5.88 Å². The van der Waals surface area contributed by atoms with Gasteiger partial charge in [0.05, 0.1) is 11.3 Å². The molecule has 0 spiro atoms. The molecule has 11 heavy (non-hydrogen) atoms. The molecule has 1 rings (SSSR count). The van der Waals surface area contributed by atoms with Crippen LogP contribution in [-0.2, 0) is 11.2 Å². The van der Waals surface area contributed by atoms with Crippen LogP contribution in [0.2, 0.25) is 0 Å². The third-order valence-electron chi connectivity index (χ3n) is 1.01. The average molecular weight is 175 g/mol. The van der Waals surface area contributed by atoms with Crippen LogP contribution in [-0.4, -0.2) is 21.2 Å². The zero-order valence-electron chi connectivity index (χ0n) is 5.33. The Labute approximate surface area is 64.9 Å². The van der Waals surface area contributed by atoms with Gasteiger partial charge in [0, 0.05) is 0 Å². The second-order valence-corrected chi connectivity index (χ2v) is 2.92. The number of carbonyl (C=O) groups is 1. The number of nitrogens with one attached hydrogen (secondary N) is 1. The van der Waals surface area contributed by atoms with Crippen molar-refractivity contribution in [2.24, 2.45) is 0 Å². The number of aromatic amines is 1. The molecule has 0 radical (unpaired) electrons. The molecule has 0 unspecified atom stereocenters. The zero-order valence-corrected chi connectivity index (χ0v) is 6.14. The van der Waals surface area contributed by atoms with E-state index >= 15 is 0 Å². The standard InChI is InChI=1S/C5H5NO4S/c7-3(8)1-2-4(9)6-5(10)11-2/h9H,1H2,(H,6,10)(H,7,8). The molecule has 0 saturated heterocycles. The Balaban J connectivity index is 2.94. The summed E-state index contributed by atoms with van der Waals surface area (Å²) in [4.78, 5) is 22.4. The van der Waals surface area contributed by atoms with Gasteiger partial charge < -0.3 is 10.2 Å². The molecule has 0 bridgehead atoms. The van der Waals surface area contributed by atoms with Gasteiger partial charge in [-0.05, 0) is 0 Å². The fourth-order valence-corrected chi connectivity index (χ4v) is 1.32. The van der Waals surface area contributed by atoms with E-state index in [1.54, 1.807) is 0 Å². The summed E-state index contributed by atoms with van der Waals surface area (Å²) in [5, 5.41) is 17.2. The van der Waals surface area contributed by atoms with Gasteiger partial charge in [-0.15, -0.1) is 0 Å². The lowest BCUT2D eigenvalue weighted by Gasteiger charge is -1.88. The first-order valence-corrected chi connectivity index (χ1v) is 3.54.